The van der Waals surface area contributed by atoms with E-state index in [1.165, 1.54) is 11.6 Å². The van der Waals surface area contributed by atoms with Gasteiger partial charge in [0.2, 0.25) is 0 Å². The van der Waals surface area contributed by atoms with E-state index >= 15 is 0 Å². The minimum atomic E-state index is -0.222. The summed E-state index contributed by atoms with van der Waals surface area (Å²) in [7, 11) is 0. The molecule has 0 N–H and O–H groups in total. The Kier molecular flexibility index (Phi) is 4.45. The highest BCUT2D eigenvalue weighted by Crippen LogP contribution is 2.41. The van der Waals surface area contributed by atoms with E-state index in [-0.39, 0.29) is 10.6 Å². The third kappa shape index (κ3) is 3.00. The predicted octanol–water partition coefficient (Wildman–Crippen LogP) is 6.20. The van der Waals surface area contributed by atoms with Gasteiger partial charge in [-0.3, -0.25) is 0 Å². The van der Waals surface area contributed by atoms with Gasteiger partial charge < -0.3 is 0 Å². The Morgan fingerprint density at radius 2 is 1.94 bits per heavy atom. The summed E-state index contributed by atoms with van der Waals surface area (Å²) in [5.41, 5.74) is 2.10. The minimum absolute atomic E-state index is 0.00238. The fraction of sp³-hybridized carbons (Fsp3) is 0.167. The van der Waals surface area contributed by atoms with Crippen LogP contribution in [-0.2, 0) is 0 Å². The van der Waals surface area contributed by atoms with Gasteiger partial charge in [0, 0.05) is 9.35 Å². The lowest BCUT2D eigenvalue weighted by atomic mass is 10.1. The molecule has 1 aromatic carbocycles. The minimum Gasteiger partial charge on any atom is -0.207 e. The normalized spacial score (nSPS) is 12.8. The standard InChI is InChI=1S/C12H8Br3FS/c1-6-4-10(17-12(6)15)11(14)8-5-7(16)2-3-9(8)13/h2-5,11H,1H3. The van der Waals surface area contributed by atoms with Crippen LogP contribution in [0.2, 0.25) is 0 Å². The van der Waals surface area contributed by atoms with Crippen LogP contribution in [0.4, 0.5) is 4.39 Å². The van der Waals surface area contributed by atoms with Gasteiger partial charge in [-0.2, -0.15) is 0 Å². The first-order valence-corrected chi connectivity index (χ1v) is 8.15. The van der Waals surface area contributed by atoms with Crippen LogP contribution in [0.1, 0.15) is 20.8 Å². The Bertz CT molecular complexity index is 531. The second-order valence-corrected chi connectivity index (χ2v) is 7.81. The molecule has 0 saturated carbocycles. The molecule has 0 nitrogen and oxygen atoms in total. The first kappa shape index (κ1) is 13.7. The molecular weight excluding hydrogens is 435 g/mol. The van der Waals surface area contributed by atoms with Crippen LogP contribution >= 0.6 is 59.1 Å². The molecule has 0 spiro atoms. The van der Waals surface area contributed by atoms with Crippen LogP contribution in [0.3, 0.4) is 0 Å². The molecule has 0 aliphatic carbocycles. The second-order valence-electron chi connectivity index (χ2n) is 3.63. The summed E-state index contributed by atoms with van der Waals surface area (Å²) in [4.78, 5) is 1.16. The highest BCUT2D eigenvalue weighted by molar-refractivity contribution is 9.11. The smallest absolute Gasteiger partial charge is 0.123 e. The zero-order valence-electron chi connectivity index (χ0n) is 8.81. The molecule has 0 radical (unpaired) electrons. The average molecular weight is 443 g/mol. The van der Waals surface area contributed by atoms with E-state index in [1.54, 1.807) is 23.5 Å². The zero-order valence-corrected chi connectivity index (χ0v) is 14.4. The molecule has 1 unspecified atom stereocenters. The third-order valence-corrected chi connectivity index (χ3v) is 6.57. The molecule has 2 aromatic rings. The molecule has 1 aromatic heterocycles. The maximum atomic E-state index is 13.3. The summed E-state index contributed by atoms with van der Waals surface area (Å²) >= 11 is 12.2. The van der Waals surface area contributed by atoms with E-state index in [2.05, 4.69) is 53.9 Å². The van der Waals surface area contributed by atoms with Crippen LogP contribution in [0, 0.1) is 12.7 Å². The summed E-state index contributed by atoms with van der Waals surface area (Å²) in [6.07, 6.45) is 0. The molecule has 0 aliphatic heterocycles. The van der Waals surface area contributed by atoms with Crippen molar-refractivity contribution in [3.05, 3.63) is 54.3 Å². The van der Waals surface area contributed by atoms with Crippen molar-refractivity contribution in [2.24, 2.45) is 0 Å². The van der Waals surface area contributed by atoms with Crippen LogP contribution < -0.4 is 0 Å². The van der Waals surface area contributed by atoms with Gasteiger partial charge in [0.25, 0.3) is 0 Å². The maximum absolute atomic E-state index is 13.3. The number of benzene rings is 1. The number of halogens is 4. The summed E-state index contributed by atoms with van der Waals surface area (Å²) < 4.78 is 15.3. The molecule has 0 amide bonds. The zero-order chi connectivity index (χ0) is 12.6. The van der Waals surface area contributed by atoms with Crippen LogP contribution in [0.5, 0.6) is 0 Å². The molecule has 1 atom stereocenters. The molecule has 0 fully saturated rings. The molecule has 1 heterocycles. The molecule has 17 heavy (non-hydrogen) atoms. The van der Waals surface area contributed by atoms with Crippen molar-refractivity contribution >= 4 is 59.1 Å². The number of alkyl halides is 1. The Hall–Kier alpha value is 0.290. The molecular formula is C12H8Br3FS. The number of hydrogen-bond acceptors (Lipinski definition) is 1. The number of hydrogen-bond donors (Lipinski definition) is 0. The molecule has 2 rings (SSSR count). The van der Waals surface area contributed by atoms with Crippen molar-refractivity contribution in [2.75, 3.05) is 0 Å². The Morgan fingerprint density at radius 1 is 1.24 bits per heavy atom. The number of thiophene rings is 1. The van der Waals surface area contributed by atoms with Gasteiger partial charge >= 0.3 is 0 Å². The second kappa shape index (κ2) is 5.51. The van der Waals surface area contributed by atoms with Gasteiger partial charge in [0.1, 0.15) is 5.82 Å². The van der Waals surface area contributed by atoms with Crippen molar-refractivity contribution in [1.29, 1.82) is 0 Å². The lowest BCUT2D eigenvalue weighted by Gasteiger charge is -2.10. The first-order valence-electron chi connectivity index (χ1n) is 4.84. The topological polar surface area (TPSA) is 0 Å². The lowest BCUT2D eigenvalue weighted by molar-refractivity contribution is 0.625. The van der Waals surface area contributed by atoms with E-state index in [0.717, 1.165) is 18.7 Å². The molecule has 5 heteroatoms. The fourth-order valence-corrected chi connectivity index (χ4v) is 4.61. The van der Waals surface area contributed by atoms with Crippen LogP contribution in [0.15, 0.2) is 32.5 Å². The highest BCUT2D eigenvalue weighted by Gasteiger charge is 2.17. The van der Waals surface area contributed by atoms with Gasteiger partial charge in [-0.1, -0.05) is 31.9 Å². The van der Waals surface area contributed by atoms with Gasteiger partial charge in [-0.25, -0.2) is 4.39 Å². The van der Waals surface area contributed by atoms with Gasteiger partial charge in [-0.15, -0.1) is 11.3 Å². The van der Waals surface area contributed by atoms with Crippen molar-refractivity contribution in [3.8, 4) is 0 Å². The van der Waals surface area contributed by atoms with Crippen molar-refractivity contribution in [3.63, 3.8) is 0 Å². The number of aryl methyl sites for hydroxylation is 1. The monoisotopic (exact) mass is 440 g/mol. The van der Waals surface area contributed by atoms with E-state index in [0.29, 0.717) is 0 Å². The summed E-state index contributed by atoms with van der Waals surface area (Å²) in [6, 6.07) is 6.83. The Morgan fingerprint density at radius 3 is 2.53 bits per heavy atom. The van der Waals surface area contributed by atoms with Gasteiger partial charge in [0.15, 0.2) is 0 Å². The highest BCUT2D eigenvalue weighted by atomic mass is 79.9. The Labute approximate surface area is 129 Å². The lowest BCUT2D eigenvalue weighted by Crippen LogP contribution is -1.92. The van der Waals surface area contributed by atoms with Crippen LogP contribution in [0.25, 0.3) is 0 Å². The summed E-state index contributed by atoms with van der Waals surface area (Å²) in [6.45, 7) is 2.05. The van der Waals surface area contributed by atoms with Crippen molar-refractivity contribution < 1.29 is 4.39 Å². The summed E-state index contributed by atoms with van der Waals surface area (Å²) in [5.74, 6) is -0.222. The van der Waals surface area contributed by atoms with Crippen molar-refractivity contribution in [1.82, 2.24) is 0 Å². The molecule has 0 saturated heterocycles. The van der Waals surface area contributed by atoms with Crippen molar-refractivity contribution in [2.45, 2.75) is 11.8 Å². The Balaban J connectivity index is 2.42. The SMILES string of the molecule is Cc1cc(C(Br)c2cc(F)ccc2Br)sc1Br. The van der Waals surface area contributed by atoms with Gasteiger partial charge in [-0.05, 0) is 58.2 Å². The molecule has 0 aliphatic rings. The largest absolute Gasteiger partial charge is 0.207 e. The molecule has 90 valence electrons. The number of rotatable bonds is 2. The average Bonchev–Trinajstić information content (AvgIpc) is 2.62. The van der Waals surface area contributed by atoms with E-state index in [1.807, 2.05) is 6.92 Å². The van der Waals surface area contributed by atoms with Gasteiger partial charge in [0.05, 0.1) is 8.61 Å². The third-order valence-electron chi connectivity index (χ3n) is 2.36. The molecule has 0 bridgehead atoms. The predicted molar refractivity (Wildman–Crippen MR) is 81.6 cm³/mol. The maximum Gasteiger partial charge on any atom is 0.123 e. The van der Waals surface area contributed by atoms with E-state index in [9.17, 15) is 4.39 Å². The summed E-state index contributed by atoms with van der Waals surface area (Å²) in [5, 5.41) is 0. The van der Waals surface area contributed by atoms with E-state index in [4.69, 9.17) is 0 Å². The first-order chi connectivity index (χ1) is 7.99. The van der Waals surface area contributed by atoms with Crippen LogP contribution in [-0.4, -0.2) is 0 Å². The fourth-order valence-electron chi connectivity index (χ4n) is 1.47. The quantitative estimate of drug-likeness (QED) is 0.485. The van der Waals surface area contributed by atoms with E-state index < -0.39 is 0 Å².